The molecular weight excluding hydrogens is 338 g/mol. The van der Waals surface area contributed by atoms with E-state index in [0.29, 0.717) is 11.6 Å². The van der Waals surface area contributed by atoms with Crippen LogP contribution in [0.15, 0.2) is 72.8 Å². The van der Waals surface area contributed by atoms with Gasteiger partial charge in [-0.05, 0) is 12.1 Å². The predicted octanol–water partition coefficient (Wildman–Crippen LogP) is 5.06. The van der Waals surface area contributed by atoms with Gasteiger partial charge in [0.15, 0.2) is 5.82 Å². The van der Waals surface area contributed by atoms with Gasteiger partial charge in [0.05, 0.1) is 19.9 Å². The molecule has 1 N–H and O–H groups in total. The first-order valence-electron chi connectivity index (χ1n) is 8.60. The van der Waals surface area contributed by atoms with Gasteiger partial charge in [0.25, 0.3) is 0 Å². The van der Waals surface area contributed by atoms with Crippen LogP contribution in [-0.2, 0) is 0 Å². The molecule has 27 heavy (non-hydrogen) atoms. The zero-order chi connectivity index (χ0) is 18.6. The van der Waals surface area contributed by atoms with Crippen LogP contribution in [0.2, 0.25) is 0 Å². The summed E-state index contributed by atoms with van der Waals surface area (Å²) in [6.07, 6.45) is 0. The highest BCUT2D eigenvalue weighted by molar-refractivity contribution is 6.01. The molecule has 4 aromatic rings. The fraction of sp³-hybridized carbons (Fsp3) is 0.0909. The molecule has 4 rings (SSSR count). The van der Waals surface area contributed by atoms with E-state index in [1.54, 1.807) is 14.2 Å². The van der Waals surface area contributed by atoms with E-state index in [4.69, 9.17) is 9.47 Å². The maximum atomic E-state index is 5.46. The molecule has 134 valence electrons. The van der Waals surface area contributed by atoms with Crippen molar-refractivity contribution >= 4 is 22.3 Å². The third-order valence-electron chi connectivity index (χ3n) is 4.39. The molecule has 0 amide bonds. The summed E-state index contributed by atoms with van der Waals surface area (Å²) in [6, 6.07) is 23.7. The fourth-order valence-electron chi connectivity index (χ4n) is 3.04. The standard InChI is InChI=1S/C22H19N3O2/c1-26-16-12-13-20(27-2)19(14-16)23-22-18-11-7-6-10-17(18)21(24-25-22)15-8-4-3-5-9-15/h3-14H,1-2H3,(H,23,25). The molecule has 0 aliphatic rings. The highest BCUT2D eigenvalue weighted by Gasteiger charge is 2.13. The molecule has 0 unspecified atom stereocenters. The minimum absolute atomic E-state index is 0.664. The average molecular weight is 357 g/mol. The van der Waals surface area contributed by atoms with E-state index < -0.39 is 0 Å². The topological polar surface area (TPSA) is 56.3 Å². The van der Waals surface area contributed by atoms with Crippen LogP contribution in [0.5, 0.6) is 11.5 Å². The molecular formula is C22H19N3O2. The van der Waals surface area contributed by atoms with Crippen LogP contribution < -0.4 is 14.8 Å². The number of ether oxygens (including phenoxy) is 2. The minimum Gasteiger partial charge on any atom is -0.497 e. The van der Waals surface area contributed by atoms with E-state index in [1.165, 1.54) is 0 Å². The van der Waals surface area contributed by atoms with E-state index in [-0.39, 0.29) is 0 Å². The highest BCUT2D eigenvalue weighted by atomic mass is 16.5. The van der Waals surface area contributed by atoms with Crippen LogP contribution in [0.4, 0.5) is 11.5 Å². The van der Waals surface area contributed by atoms with Gasteiger partial charge >= 0.3 is 0 Å². The van der Waals surface area contributed by atoms with Crippen molar-refractivity contribution in [2.24, 2.45) is 0 Å². The number of nitrogens with one attached hydrogen (secondary N) is 1. The monoisotopic (exact) mass is 357 g/mol. The second-order valence-corrected chi connectivity index (χ2v) is 6.00. The molecule has 0 bridgehead atoms. The van der Waals surface area contributed by atoms with Crippen LogP contribution in [0.3, 0.4) is 0 Å². The van der Waals surface area contributed by atoms with E-state index in [2.05, 4.69) is 21.6 Å². The zero-order valence-corrected chi connectivity index (χ0v) is 15.1. The summed E-state index contributed by atoms with van der Waals surface area (Å²) in [6.45, 7) is 0. The van der Waals surface area contributed by atoms with Crippen LogP contribution in [-0.4, -0.2) is 24.4 Å². The van der Waals surface area contributed by atoms with E-state index in [0.717, 1.165) is 33.5 Å². The summed E-state index contributed by atoms with van der Waals surface area (Å²) < 4.78 is 10.8. The molecule has 5 heteroatoms. The third kappa shape index (κ3) is 3.27. The molecule has 0 saturated carbocycles. The van der Waals surface area contributed by atoms with E-state index in [9.17, 15) is 0 Å². The molecule has 1 aromatic heterocycles. The largest absolute Gasteiger partial charge is 0.497 e. The smallest absolute Gasteiger partial charge is 0.161 e. The Labute approximate surface area is 157 Å². The van der Waals surface area contributed by atoms with Crippen molar-refractivity contribution in [3.63, 3.8) is 0 Å². The number of benzene rings is 3. The van der Waals surface area contributed by atoms with Gasteiger partial charge in [0.1, 0.15) is 17.2 Å². The summed E-state index contributed by atoms with van der Waals surface area (Å²) in [5, 5.41) is 14.3. The van der Waals surface area contributed by atoms with Crippen LogP contribution in [0.1, 0.15) is 0 Å². The van der Waals surface area contributed by atoms with Gasteiger partial charge in [-0.15, -0.1) is 10.2 Å². The van der Waals surface area contributed by atoms with Gasteiger partial charge in [0, 0.05) is 22.4 Å². The van der Waals surface area contributed by atoms with E-state index >= 15 is 0 Å². The Morgan fingerprint density at radius 1 is 0.741 bits per heavy atom. The second-order valence-electron chi connectivity index (χ2n) is 6.00. The number of hydrogen-bond acceptors (Lipinski definition) is 5. The van der Waals surface area contributed by atoms with Gasteiger partial charge < -0.3 is 14.8 Å². The van der Waals surface area contributed by atoms with Crippen molar-refractivity contribution in [1.82, 2.24) is 10.2 Å². The minimum atomic E-state index is 0.664. The maximum Gasteiger partial charge on any atom is 0.161 e. The maximum absolute atomic E-state index is 5.46. The molecule has 1 heterocycles. The van der Waals surface area contributed by atoms with Crippen molar-refractivity contribution in [2.75, 3.05) is 19.5 Å². The molecule has 3 aromatic carbocycles. The first kappa shape index (κ1) is 16.8. The Hall–Kier alpha value is -3.60. The molecule has 0 saturated heterocycles. The summed E-state index contributed by atoms with van der Waals surface area (Å²) in [5.41, 5.74) is 2.66. The number of nitrogens with zero attached hydrogens (tertiary/aromatic N) is 2. The Bertz CT molecular complexity index is 1080. The van der Waals surface area contributed by atoms with Gasteiger partial charge in [-0.2, -0.15) is 0 Å². The average Bonchev–Trinajstić information content (AvgIpc) is 2.74. The number of aromatic nitrogens is 2. The summed E-state index contributed by atoms with van der Waals surface area (Å²) >= 11 is 0. The van der Waals surface area contributed by atoms with Crippen molar-refractivity contribution in [3.05, 3.63) is 72.8 Å². The first-order valence-corrected chi connectivity index (χ1v) is 8.60. The lowest BCUT2D eigenvalue weighted by Crippen LogP contribution is -2.01. The van der Waals surface area contributed by atoms with Crippen molar-refractivity contribution in [2.45, 2.75) is 0 Å². The van der Waals surface area contributed by atoms with Crippen molar-refractivity contribution in [3.8, 4) is 22.8 Å². The van der Waals surface area contributed by atoms with Gasteiger partial charge in [-0.3, -0.25) is 0 Å². The molecule has 0 fully saturated rings. The molecule has 0 aliphatic carbocycles. The van der Waals surface area contributed by atoms with Crippen LogP contribution in [0.25, 0.3) is 22.0 Å². The first-order chi connectivity index (χ1) is 13.3. The lowest BCUT2D eigenvalue weighted by Gasteiger charge is -2.14. The van der Waals surface area contributed by atoms with Gasteiger partial charge in [-0.25, -0.2) is 0 Å². The number of fused-ring (bicyclic) bond motifs is 1. The van der Waals surface area contributed by atoms with E-state index in [1.807, 2.05) is 66.7 Å². The molecule has 5 nitrogen and oxygen atoms in total. The Morgan fingerprint density at radius 3 is 2.22 bits per heavy atom. The zero-order valence-electron chi connectivity index (χ0n) is 15.1. The number of rotatable bonds is 5. The SMILES string of the molecule is COc1ccc(OC)c(Nc2nnc(-c3ccccc3)c3ccccc23)c1. The highest BCUT2D eigenvalue weighted by Crippen LogP contribution is 2.35. The number of methoxy groups -OCH3 is 2. The Balaban J connectivity index is 1.83. The lowest BCUT2D eigenvalue weighted by molar-refractivity contribution is 0.405. The van der Waals surface area contributed by atoms with Gasteiger partial charge in [0.2, 0.25) is 0 Å². The van der Waals surface area contributed by atoms with Crippen LogP contribution in [0, 0.1) is 0 Å². The van der Waals surface area contributed by atoms with Gasteiger partial charge in [-0.1, -0.05) is 54.6 Å². The quantitative estimate of drug-likeness (QED) is 0.541. The molecule has 0 spiro atoms. The fourth-order valence-corrected chi connectivity index (χ4v) is 3.04. The lowest BCUT2D eigenvalue weighted by atomic mass is 10.0. The number of hydrogen-bond donors (Lipinski definition) is 1. The molecule has 0 aliphatic heterocycles. The summed E-state index contributed by atoms with van der Waals surface area (Å²) in [5.74, 6) is 2.10. The molecule has 0 atom stereocenters. The Morgan fingerprint density at radius 2 is 1.48 bits per heavy atom. The summed E-state index contributed by atoms with van der Waals surface area (Å²) in [4.78, 5) is 0. The molecule has 0 radical (unpaired) electrons. The Kier molecular flexibility index (Phi) is 4.58. The third-order valence-corrected chi connectivity index (χ3v) is 4.39. The second kappa shape index (κ2) is 7.33. The van der Waals surface area contributed by atoms with Crippen LogP contribution >= 0.6 is 0 Å². The number of anilines is 2. The summed E-state index contributed by atoms with van der Waals surface area (Å²) in [7, 11) is 3.27. The van der Waals surface area contributed by atoms with Crippen molar-refractivity contribution in [1.29, 1.82) is 0 Å². The normalized spacial score (nSPS) is 10.6. The predicted molar refractivity (Wildman–Crippen MR) is 108 cm³/mol. The van der Waals surface area contributed by atoms with Crippen molar-refractivity contribution < 1.29 is 9.47 Å².